The first-order valence-electron chi connectivity index (χ1n) is 14.4. The third-order valence-corrected chi connectivity index (χ3v) is 7.50. The number of benzene rings is 4. The van der Waals surface area contributed by atoms with Crippen molar-refractivity contribution in [3.63, 3.8) is 0 Å². The van der Waals surface area contributed by atoms with E-state index in [0.717, 1.165) is 34.9 Å². The van der Waals surface area contributed by atoms with Crippen molar-refractivity contribution in [2.24, 2.45) is 0 Å². The maximum atomic E-state index is 12.7. The molecule has 1 fully saturated rings. The number of fused-ring (bicyclic) bond motifs is 1. The minimum absolute atomic E-state index is 0.0923. The van der Waals surface area contributed by atoms with Crippen molar-refractivity contribution in [3.8, 4) is 0 Å². The number of carbonyl (C=O) groups excluding carboxylic acids is 2. The molecule has 0 spiro atoms. The van der Waals surface area contributed by atoms with Gasteiger partial charge in [0.05, 0.1) is 29.3 Å². The first-order chi connectivity index (χ1) is 20.7. The van der Waals surface area contributed by atoms with E-state index in [1.54, 1.807) is 50.1 Å². The summed E-state index contributed by atoms with van der Waals surface area (Å²) in [7, 11) is 0. The molecular weight excluding hydrogens is 566 g/mol. The van der Waals surface area contributed by atoms with Gasteiger partial charge in [0, 0.05) is 6.54 Å². The average molecular weight is 602 g/mol. The molecule has 0 N–H and O–H groups in total. The summed E-state index contributed by atoms with van der Waals surface area (Å²) in [5.41, 5.74) is 2.43. The topological polar surface area (TPSA) is 74.3 Å². The minimum atomic E-state index is -0.754. The molecule has 224 valence electrons. The van der Waals surface area contributed by atoms with Gasteiger partial charge in [-0.3, -0.25) is 0 Å². The van der Waals surface area contributed by atoms with E-state index in [9.17, 15) is 9.59 Å². The number of nitrogens with zero attached hydrogens (tertiary/aromatic N) is 1. The highest BCUT2D eigenvalue weighted by Crippen LogP contribution is 2.35. The molecule has 4 aromatic carbocycles. The Hall–Kier alpha value is -3.91. The fraction of sp³-hybridized carbons (Fsp3) is 0.314. The van der Waals surface area contributed by atoms with Crippen molar-refractivity contribution in [3.05, 3.63) is 118 Å². The Morgan fingerprint density at radius 3 is 2.30 bits per heavy atom. The Kier molecular flexibility index (Phi) is 9.65. The van der Waals surface area contributed by atoms with Crippen LogP contribution in [0.3, 0.4) is 0 Å². The lowest BCUT2D eigenvalue weighted by Crippen LogP contribution is -2.44. The molecule has 4 aromatic rings. The van der Waals surface area contributed by atoms with E-state index in [2.05, 4.69) is 30.3 Å². The van der Waals surface area contributed by atoms with Gasteiger partial charge in [-0.25, -0.2) is 9.59 Å². The van der Waals surface area contributed by atoms with Gasteiger partial charge in [0.25, 0.3) is 0 Å². The molecular formula is C35H36ClNO6. The lowest BCUT2D eigenvalue weighted by atomic mass is 9.93. The second kappa shape index (κ2) is 13.6. The zero-order chi connectivity index (χ0) is 30.4. The Bertz CT molecular complexity index is 1560. The molecule has 7 nitrogen and oxygen atoms in total. The zero-order valence-electron chi connectivity index (χ0n) is 24.6. The fourth-order valence-electron chi connectivity index (χ4n) is 5.15. The van der Waals surface area contributed by atoms with Gasteiger partial charge in [0.2, 0.25) is 0 Å². The van der Waals surface area contributed by atoms with E-state index in [1.165, 1.54) is 5.39 Å². The molecule has 8 heteroatoms. The lowest BCUT2D eigenvalue weighted by Gasteiger charge is -2.39. The van der Waals surface area contributed by atoms with Crippen LogP contribution in [-0.4, -0.2) is 35.4 Å². The number of hydrogen-bond acceptors (Lipinski definition) is 7. The van der Waals surface area contributed by atoms with Gasteiger partial charge in [-0.1, -0.05) is 84.4 Å². The van der Waals surface area contributed by atoms with Gasteiger partial charge in [-0.2, -0.15) is 0 Å². The molecule has 2 unspecified atom stereocenters. The summed E-state index contributed by atoms with van der Waals surface area (Å²) in [6.07, 6.45) is 0.587. The van der Waals surface area contributed by atoms with Crippen LogP contribution in [0.2, 0.25) is 5.02 Å². The number of hydrogen-bond donors (Lipinski definition) is 0. The second-order valence-electron chi connectivity index (χ2n) is 11.6. The quantitative estimate of drug-likeness (QED) is 0.188. The summed E-state index contributed by atoms with van der Waals surface area (Å²) in [5.74, 6) is -0.485. The lowest BCUT2D eigenvalue weighted by molar-refractivity contribution is -0.209. The third-order valence-electron chi connectivity index (χ3n) is 7.17. The number of ether oxygens (including phenoxy) is 3. The summed E-state index contributed by atoms with van der Waals surface area (Å²) < 4.78 is 17.5. The van der Waals surface area contributed by atoms with Crippen LogP contribution in [0.25, 0.3) is 10.8 Å². The molecule has 43 heavy (non-hydrogen) atoms. The molecule has 0 bridgehead atoms. The highest BCUT2D eigenvalue weighted by atomic mass is 35.5. The highest BCUT2D eigenvalue weighted by molar-refractivity contribution is 6.33. The molecule has 0 saturated carbocycles. The van der Waals surface area contributed by atoms with Crippen molar-refractivity contribution >= 4 is 34.5 Å². The number of carbonyl (C=O) groups is 2. The van der Waals surface area contributed by atoms with Crippen LogP contribution in [0.15, 0.2) is 91.0 Å². The van der Waals surface area contributed by atoms with Crippen molar-refractivity contribution < 1.29 is 28.6 Å². The molecule has 5 rings (SSSR count). The molecule has 1 saturated heterocycles. The minimum Gasteiger partial charge on any atom is -0.457 e. The number of halogens is 1. The van der Waals surface area contributed by atoms with Crippen LogP contribution < -0.4 is 0 Å². The summed E-state index contributed by atoms with van der Waals surface area (Å²) in [5, 5.41) is 4.34. The highest BCUT2D eigenvalue weighted by Gasteiger charge is 2.37. The summed E-state index contributed by atoms with van der Waals surface area (Å²) in [4.78, 5) is 30.9. The van der Waals surface area contributed by atoms with Gasteiger partial charge in [-0.05, 0) is 79.3 Å². The Labute approximate surface area is 257 Å². The number of rotatable bonds is 8. The number of hydroxylamine groups is 2. The van der Waals surface area contributed by atoms with Crippen LogP contribution in [0.1, 0.15) is 66.7 Å². The van der Waals surface area contributed by atoms with Crippen molar-refractivity contribution in [2.45, 2.75) is 64.6 Å². The van der Waals surface area contributed by atoms with Crippen molar-refractivity contribution in [1.82, 2.24) is 5.06 Å². The van der Waals surface area contributed by atoms with E-state index in [4.69, 9.17) is 30.6 Å². The fourth-order valence-corrected chi connectivity index (χ4v) is 5.36. The monoisotopic (exact) mass is 601 g/mol. The first kappa shape index (κ1) is 30.5. The van der Waals surface area contributed by atoms with E-state index in [-0.39, 0.29) is 18.8 Å². The summed E-state index contributed by atoms with van der Waals surface area (Å²) in [6.45, 7) is 6.45. The van der Waals surface area contributed by atoms with Gasteiger partial charge in [0.15, 0.2) is 0 Å². The standard InChI is InChI=1S/C35H36ClNO6/c1-35(2,3)42-34(39)43-37-20-8-13-31(40-23-25-16-17-26-9-4-5-10-28(26)21-25)32(37)27-18-14-24(15-19-27)22-41-33(38)29-11-6-7-12-30(29)36/h4-7,9-12,14-19,21,31-32H,8,13,20,22-23H2,1-3H3. The van der Waals surface area contributed by atoms with Crippen LogP contribution in [0.4, 0.5) is 4.79 Å². The largest absolute Gasteiger partial charge is 0.528 e. The maximum absolute atomic E-state index is 12.7. The molecule has 0 radical (unpaired) electrons. The number of piperidine rings is 1. The smallest absolute Gasteiger partial charge is 0.457 e. The predicted molar refractivity (Wildman–Crippen MR) is 166 cm³/mol. The predicted octanol–water partition coefficient (Wildman–Crippen LogP) is 8.44. The van der Waals surface area contributed by atoms with Gasteiger partial charge in [0.1, 0.15) is 12.2 Å². The average Bonchev–Trinajstić information content (AvgIpc) is 2.98. The first-order valence-corrected chi connectivity index (χ1v) is 14.8. The van der Waals surface area contributed by atoms with Gasteiger partial charge < -0.3 is 19.0 Å². The van der Waals surface area contributed by atoms with Crippen LogP contribution in [-0.2, 0) is 32.3 Å². The van der Waals surface area contributed by atoms with E-state index >= 15 is 0 Å². The zero-order valence-corrected chi connectivity index (χ0v) is 25.4. The van der Waals surface area contributed by atoms with E-state index in [1.807, 2.05) is 36.4 Å². The summed E-state index contributed by atoms with van der Waals surface area (Å²) in [6, 6.07) is 28.7. The molecule has 0 aromatic heterocycles. The SMILES string of the molecule is CC(C)(C)OC(=O)ON1CCCC(OCc2ccc3ccccc3c2)C1c1ccc(COC(=O)c2ccccc2Cl)cc1. The van der Waals surface area contributed by atoms with Crippen molar-refractivity contribution in [1.29, 1.82) is 0 Å². The van der Waals surface area contributed by atoms with E-state index in [0.29, 0.717) is 23.7 Å². The van der Waals surface area contributed by atoms with Gasteiger partial charge in [-0.15, -0.1) is 5.06 Å². The molecule has 2 atom stereocenters. The van der Waals surface area contributed by atoms with E-state index < -0.39 is 17.7 Å². The van der Waals surface area contributed by atoms with Crippen molar-refractivity contribution in [2.75, 3.05) is 6.54 Å². The molecule has 1 aliphatic heterocycles. The van der Waals surface area contributed by atoms with Crippen LogP contribution in [0, 0.1) is 0 Å². The third kappa shape index (κ3) is 8.14. The molecule has 1 heterocycles. The number of esters is 1. The van der Waals surface area contributed by atoms with Crippen LogP contribution in [0.5, 0.6) is 0 Å². The maximum Gasteiger partial charge on any atom is 0.528 e. The molecule has 1 aliphatic rings. The van der Waals surface area contributed by atoms with Crippen LogP contribution >= 0.6 is 11.6 Å². The summed E-state index contributed by atoms with van der Waals surface area (Å²) >= 11 is 6.13. The normalized spacial score (nSPS) is 17.4. The second-order valence-corrected chi connectivity index (χ2v) is 12.0. The molecule has 0 aliphatic carbocycles. The van der Waals surface area contributed by atoms with Gasteiger partial charge >= 0.3 is 12.1 Å². The Morgan fingerprint density at radius 2 is 1.56 bits per heavy atom. The molecule has 0 amide bonds. The Balaban J connectivity index is 1.32. The Morgan fingerprint density at radius 1 is 0.860 bits per heavy atom.